The molecule has 1 heterocycles. The molecule has 1 unspecified atom stereocenters. The second-order valence-corrected chi connectivity index (χ2v) is 12.6. The molecule has 2 aliphatic rings. The molecule has 5 nitrogen and oxygen atoms in total. The van der Waals surface area contributed by atoms with Gasteiger partial charge in [0.2, 0.25) is 0 Å². The minimum atomic E-state index is -2.25. The number of nitrogens with zero attached hydrogens (tertiary/aromatic N) is 2. The predicted octanol–water partition coefficient (Wildman–Crippen LogP) is 4.63. The van der Waals surface area contributed by atoms with Gasteiger partial charge in [-0.1, -0.05) is 13.8 Å². The van der Waals surface area contributed by atoms with Crippen LogP contribution in [0.5, 0.6) is 0 Å². The van der Waals surface area contributed by atoms with Gasteiger partial charge >= 0.3 is 5.97 Å². The number of carbonyl (C=O) groups is 1. The van der Waals surface area contributed by atoms with Crippen LogP contribution in [0, 0.1) is 0 Å². The van der Waals surface area contributed by atoms with Crippen LogP contribution in [-0.2, 0) is 4.79 Å². The molecule has 2 N–H and O–H groups in total. The second kappa shape index (κ2) is 8.90. The summed E-state index contributed by atoms with van der Waals surface area (Å²) < 4.78 is 0. The molecule has 154 valence electrons. The monoisotopic (exact) mass is 409 g/mol. The largest absolute Gasteiger partial charge is 0.481 e. The van der Waals surface area contributed by atoms with E-state index in [0.29, 0.717) is 12.0 Å². The van der Waals surface area contributed by atoms with Gasteiger partial charge in [0.05, 0.1) is 17.1 Å². The van der Waals surface area contributed by atoms with Crippen LogP contribution in [0.4, 0.5) is 11.4 Å². The van der Waals surface area contributed by atoms with Crippen molar-refractivity contribution in [1.82, 2.24) is 0 Å². The van der Waals surface area contributed by atoms with Crippen LogP contribution < -0.4 is 10.5 Å². The Hall–Kier alpha value is -2.47. The molecule has 0 saturated heterocycles. The lowest BCUT2D eigenvalue weighted by molar-refractivity contribution is -0.137. The minimum Gasteiger partial charge on any atom is -0.481 e. The van der Waals surface area contributed by atoms with Gasteiger partial charge in [-0.3, -0.25) is 9.79 Å². The predicted molar refractivity (Wildman–Crippen MR) is 125 cm³/mol. The van der Waals surface area contributed by atoms with E-state index in [1.807, 2.05) is 13.0 Å². The number of benzene rings is 1. The molecule has 1 aliphatic carbocycles. The van der Waals surface area contributed by atoms with Crippen molar-refractivity contribution in [2.24, 2.45) is 9.98 Å². The average molecular weight is 410 g/mol. The van der Waals surface area contributed by atoms with Crippen molar-refractivity contribution in [2.75, 3.05) is 18.4 Å². The number of rotatable bonds is 8. The van der Waals surface area contributed by atoms with E-state index in [1.165, 1.54) is 10.4 Å². The maximum absolute atomic E-state index is 11.3. The highest BCUT2D eigenvalue weighted by atomic mass is 28.3. The number of carboxylic acid groups (broad SMARTS) is 1. The summed E-state index contributed by atoms with van der Waals surface area (Å²) >= 11 is 0. The first-order chi connectivity index (χ1) is 13.9. The lowest BCUT2D eigenvalue weighted by Crippen LogP contribution is -2.56. The van der Waals surface area contributed by atoms with E-state index < -0.39 is 14.0 Å². The molecule has 1 aromatic rings. The van der Waals surface area contributed by atoms with Crippen molar-refractivity contribution < 1.29 is 9.90 Å². The Morgan fingerprint density at radius 1 is 1.28 bits per heavy atom. The van der Waals surface area contributed by atoms with Crippen molar-refractivity contribution in [1.29, 1.82) is 0 Å². The van der Waals surface area contributed by atoms with Gasteiger partial charge in [0.1, 0.15) is 8.07 Å². The summed E-state index contributed by atoms with van der Waals surface area (Å²) in [6.07, 6.45) is 7.24. The number of aliphatic carboxylic acids is 1. The molecule has 29 heavy (non-hydrogen) atoms. The number of hydrogen-bond acceptors (Lipinski definition) is 4. The lowest BCUT2D eigenvalue weighted by Gasteiger charge is -2.43. The number of aliphatic imine (C=N–C) groups is 2. The molecule has 0 spiro atoms. The van der Waals surface area contributed by atoms with Gasteiger partial charge in [-0.15, -0.1) is 0 Å². The Morgan fingerprint density at radius 3 is 2.72 bits per heavy atom. The van der Waals surface area contributed by atoms with Crippen molar-refractivity contribution in [2.45, 2.75) is 52.1 Å². The summed E-state index contributed by atoms with van der Waals surface area (Å²) in [5, 5.41) is 15.3. The summed E-state index contributed by atoms with van der Waals surface area (Å²) in [5.74, 6) is -0.727. The van der Waals surface area contributed by atoms with Gasteiger partial charge < -0.3 is 10.4 Å². The second-order valence-electron chi connectivity index (χ2n) is 7.92. The zero-order valence-electron chi connectivity index (χ0n) is 17.8. The normalized spacial score (nSPS) is 21.5. The lowest BCUT2D eigenvalue weighted by atomic mass is 10.1. The van der Waals surface area contributed by atoms with Crippen LogP contribution in [0.15, 0.2) is 51.6 Å². The SMILES string of the molecule is CC/N=C1\C=CC2=Nc3ccc(NCC)cc3[Si](CCCC(=O)O)(C(C)C)C2=C1. The third-order valence-corrected chi connectivity index (χ3v) is 11.7. The van der Waals surface area contributed by atoms with E-state index >= 15 is 0 Å². The quantitative estimate of drug-likeness (QED) is 0.485. The molecule has 3 rings (SSSR count). The summed E-state index contributed by atoms with van der Waals surface area (Å²) in [7, 11) is -2.25. The van der Waals surface area contributed by atoms with Crippen LogP contribution in [-0.4, -0.2) is 43.7 Å². The maximum atomic E-state index is 11.3. The highest BCUT2D eigenvalue weighted by Gasteiger charge is 2.47. The number of fused-ring (bicyclic) bond motifs is 2. The van der Waals surface area contributed by atoms with E-state index in [9.17, 15) is 9.90 Å². The molecule has 1 atom stereocenters. The van der Waals surface area contributed by atoms with E-state index in [4.69, 9.17) is 4.99 Å². The first-order valence-corrected chi connectivity index (χ1v) is 12.8. The van der Waals surface area contributed by atoms with Crippen LogP contribution in [0.2, 0.25) is 11.6 Å². The van der Waals surface area contributed by atoms with E-state index in [-0.39, 0.29) is 6.42 Å². The van der Waals surface area contributed by atoms with E-state index in [0.717, 1.165) is 41.9 Å². The van der Waals surface area contributed by atoms with Crippen LogP contribution in [0.25, 0.3) is 0 Å². The first-order valence-electron chi connectivity index (χ1n) is 10.6. The van der Waals surface area contributed by atoms with Gasteiger partial charge in [-0.2, -0.15) is 0 Å². The molecular formula is C23H31N3O2Si. The number of carboxylic acids is 1. The minimum absolute atomic E-state index is 0.204. The molecular weight excluding hydrogens is 378 g/mol. The van der Waals surface area contributed by atoms with Gasteiger partial charge in [0.15, 0.2) is 0 Å². The number of allylic oxidation sites excluding steroid dienone is 4. The molecule has 0 amide bonds. The van der Waals surface area contributed by atoms with Gasteiger partial charge in [0, 0.05) is 25.2 Å². The number of anilines is 1. The van der Waals surface area contributed by atoms with Gasteiger partial charge in [-0.25, -0.2) is 4.99 Å². The summed E-state index contributed by atoms with van der Waals surface area (Å²) in [4.78, 5) is 20.9. The molecule has 0 saturated carbocycles. The molecule has 6 heteroatoms. The zero-order chi connectivity index (χ0) is 21.0. The van der Waals surface area contributed by atoms with Crippen LogP contribution >= 0.6 is 0 Å². The fourth-order valence-electron chi connectivity index (χ4n) is 4.54. The standard InChI is InChI=1S/C23H31N3O2Si/c1-5-24-17-9-11-19-21(14-17)29(16(3)4,13-7-8-23(27)28)22-15-18(25-6-2)10-12-20(22)26-19/h9-12,14-16,24H,5-8,13H2,1-4H3,(H,27,28)/b25-18+. The number of hydrogen-bond donors (Lipinski definition) is 2. The number of nitrogens with one attached hydrogen (secondary N) is 1. The Labute approximate surface area is 174 Å². The van der Waals surface area contributed by atoms with Crippen molar-refractivity contribution in [3.63, 3.8) is 0 Å². The zero-order valence-corrected chi connectivity index (χ0v) is 18.8. The maximum Gasteiger partial charge on any atom is 0.303 e. The van der Waals surface area contributed by atoms with Crippen LogP contribution in [0.3, 0.4) is 0 Å². The Morgan fingerprint density at radius 2 is 2.07 bits per heavy atom. The third kappa shape index (κ3) is 4.12. The van der Waals surface area contributed by atoms with Crippen molar-refractivity contribution >= 4 is 42.0 Å². The molecule has 0 fully saturated rings. The third-order valence-electron chi connectivity index (χ3n) is 5.85. The highest BCUT2D eigenvalue weighted by molar-refractivity contribution is 7.03. The summed E-state index contributed by atoms with van der Waals surface area (Å²) in [6.45, 7) is 10.3. The fraction of sp³-hybridized carbons (Fsp3) is 0.435. The molecule has 0 radical (unpaired) electrons. The first kappa shape index (κ1) is 21.2. The van der Waals surface area contributed by atoms with Gasteiger partial charge in [0.25, 0.3) is 0 Å². The Kier molecular flexibility index (Phi) is 6.52. The Bertz CT molecular complexity index is 915. The van der Waals surface area contributed by atoms with Crippen LogP contribution in [0.1, 0.15) is 40.5 Å². The topological polar surface area (TPSA) is 74.0 Å². The van der Waals surface area contributed by atoms with Crippen molar-refractivity contribution in [3.05, 3.63) is 41.6 Å². The van der Waals surface area contributed by atoms with Gasteiger partial charge in [-0.05, 0) is 78.7 Å². The molecule has 0 bridgehead atoms. The van der Waals surface area contributed by atoms with Crippen molar-refractivity contribution in [3.8, 4) is 0 Å². The summed E-state index contributed by atoms with van der Waals surface area (Å²) in [6, 6.07) is 7.37. The van der Waals surface area contributed by atoms with E-state index in [1.54, 1.807) is 0 Å². The fourth-order valence-corrected chi connectivity index (χ4v) is 9.93. The molecule has 1 aliphatic heterocycles. The molecule has 0 aromatic heterocycles. The highest BCUT2D eigenvalue weighted by Crippen LogP contribution is 2.41. The molecule has 1 aromatic carbocycles. The van der Waals surface area contributed by atoms with E-state index in [2.05, 4.69) is 61.4 Å². The summed E-state index contributed by atoms with van der Waals surface area (Å²) in [5.41, 5.74) is 4.58. The smallest absolute Gasteiger partial charge is 0.303 e. The Balaban J connectivity index is 2.21. The average Bonchev–Trinajstić information content (AvgIpc) is 2.68.